The minimum absolute atomic E-state index is 0.105. The fourth-order valence-electron chi connectivity index (χ4n) is 3.57. The van der Waals surface area contributed by atoms with Gasteiger partial charge in [0.05, 0.1) is 5.56 Å². The van der Waals surface area contributed by atoms with Crippen LogP contribution >= 0.6 is 15.9 Å². The number of carbonyl (C=O) groups excluding carboxylic acids is 1. The third kappa shape index (κ3) is 3.19. The Hall–Kier alpha value is -2.39. The Morgan fingerprint density at radius 3 is 2.23 bits per heavy atom. The van der Waals surface area contributed by atoms with Crippen LogP contribution < -0.4 is 0 Å². The number of aromatic hydroxyl groups is 1. The third-order valence-electron chi connectivity index (χ3n) is 5.07. The zero-order valence-corrected chi connectivity index (χ0v) is 15.9. The lowest BCUT2D eigenvalue weighted by molar-refractivity contribution is 0.103. The topological polar surface area (TPSA) is 37.3 Å². The van der Waals surface area contributed by atoms with E-state index in [1.54, 1.807) is 12.1 Å². The second kappa shape index (κ2) is 7.08. The zero-order chi connectivity index (χ0) is 18.1. The Morgan fingerprint density at radius 1 is 0.808 bits per heavy atom. The number of hydrogen-bond donors (Lipinski definition) is 1. The third-order valence-corrected chi connectivity index (χ3v) is 5.81. The number of rotatable bonds is 2. The smallest absolute Gasteiger partial charge is 0.197 e. The van der Waals surface area contributed by atoms with Gasteiger partial charge in [0.1, 0.15) is 5.75 Å². The molecule has 0 saturated heterocycles. The van der Waals surface area contributed by atoms with E-state index in [-0.39, 0.29) is 11.5 Å². The van der Waals surface area contributed by atoms with Gasteiger partial charge in [-0.1, -0.05) is 70.5 Å². The van der Waals surface area contributed by atoms with E-state index in [0.29, 0.717) is 24.0 Å². The maximum absolute atomic E-state index is 13.1. The van der Waals surface area contributed by atoms with Gasteiger partial charge in [-0.05, 0) is 54.0 Å². The van der Waals surface area contributed by atoms with Gasteiger partial charge in [0.15, 0.2) is 5.78 Å². The van der Waals surface area contributed by atoms with Crippen LogP contribution in [0.2, 0.25) is 0 Å². The molecular formula is C23H19BrO2. The molecule has 3 aromatic rings. The standard InChI is InChI=1S/C23H19BrO2/c24-20-14-15-6-8-16(20)10-12-19-13-11-17(9-7-15)21(23(19)26)22(25)18-4-2-1-3-5-18/h1-6,8,11,13-14,26H,7,9-10,12H2. The fourth-order valence-corrected chi connectivity index (χ4v) is 4.20. The predicted molar refractivity (Wildman–Crippen MR) is 107 cm³/mol. The van der Waals surface area contributed by atoms with E-state index in [1.165, 1.54) is 11.1 Å². The van der Waals surface area contributed by atoms with Crippen molar-refractivity contribution in [1.82, 2.24) is 0 Å². The van der Waals surface area contributed by atoms with Crippen molar-refractivity contribution >= 4 is 21.7 Å². The van der Waals surface area contributed by atoms with Crippen molar-refractivity contribution in [3.8, 4) is 5.75 Å². The van der Waals surface area contributed by atoms with Gasteiger partial charge in [-0.15, -0.1) is 0 Å². The van der Waals surface area contributed by atoms with Crippen LogP contribution in [0.15, 0.2) is 65.1 Å². The van der Waals surface area contributed by atoms with Crippen LogP contribution in [0, 0.1) is 0 Å². The minimum atomic E-state index is -0.105. The van der Waals surface area contributed by atoms with Crippen molar-refractivity contribution in [2.45, 2.75) is 25.7 Å². The number of aryl methyl sites for hydroxylation is 4. The molecule has 1 N–H and O–H groups in total. The Bertz CT molecular complexity index is 977. The highest BCUT2D eigenvalue weighted by Gasteiger charge is 2.21. The molecule has 4 bridgehead atoms. The van der Waals surface area contributed by atoms with Crippen LogP contribution in [0.4, 0.5) is 0 Å². The van der Waals surface area contributed by atoms with E-state index in [9.17, 15) is 9.90 Å². The van der Waals surface area contributed by atoms with E-state index in [4.69, 9.17) is 0 Å². The van der Waals surface area contributed by atoms with Gasteiger partial charge >= 0.3 is 0 Å². The maximum Gasteiger partial charge on any atom is 0.197 e. The quantitative estimate of drug-likeness (QED) is 0.588. The molecular weight excluding hydrogens is 388 g/mol. The molecule has 0 unspecified atom stereocenters. The van der Waals surface area contributed by atoms with E-state index in [2.05, 4.69) is 34.1 Å². The summed E-state index contributed by atoms with van der Waals surface area (Å²) in [4.78, 5) is 13.1. The molecule has 0 spiro atoms. The van der Waals surface area contributed by atoms with Gasteiger partial charge < -0.3 is 5.11 Å². The Morgan fingerprint density at radius 2 is 1.46 bits per heavy atom. The molecule has 0 fully saturated rings. The monoisotopic (exact) mass is 406 g/mol. The first kappa shape index (κ1) is 17.0. The molecule has 7 rings (SSSR count). The molecule has 130 valence electrons. The lowest BCUT2D eigenvalue weighted by atomic mass is 9.89. The van der Waals surface area contributed by atoms with Crippen LogP contribution in [0.25, 0.3) is 0 Å². The highest BCUT2D eigenvalue weighted by molar-refractivity contribution is 9.10. The van der Waals surface area contributed by atoms with Crippen LogP contribution in [0.3, 0.4) is 0 Å². The maximum atomic E-state index is 13.1. The van der Waals surface area contributed by atoms with Gasteiger partial charge in [0.25, 0.3) is 0 Å². The fraction of sp³-hybridized carbons (Fsp3) is 0.174. The van der Waals surface area contributed by atoms with Crippen LogP contribution in [0.1, 0.15) is 38.2 Å². The van der Waals surface area contributed by atoms with Crippen molar-refractivity contribution in [1.29, 1.82) is 0 Å². The van der Waals surface area contributed by atoms with E-state index < -0.39 is 0 Å². The second-order valence-electron chi connectivity index (χ2n) is 6.73. The van der Waals surface area contributed by atoms with Gasteiger partial charge in [0, 0.05) is 10.0 Å². The van der Waals surface area contributed by atoms with Crippen molar-refractivity contribution in [3.63, 3.8) is 0 Å². The summed E-state index contributed by atoms with van der Waals surface area (Å²) >= 11 is 3.66. The normalized spacial score (nSPS) is 13.3. The summed E-state index contributed by atoms with van der Waals surface area (Å²) in [6.45, 7) is 0. The van der Waals surface area contributed by atoms with Gasteiger partial charge in [-0.3, -0.25) is 4.79 Å². The molecule has 4 aliphatic carbocycles. The SMILES string of the molecule is O=C(c1ccccc1)c1c2ccc(c1O)CCc1ccc(cc1Br)CC2. The number of phenols is 1. The largest absolute Gasteiger partial charge is 0.507 e. The summed E-state index contributed by atoms with van der Waals surface area (Å²) in [7, 11) is 0. The van der Waals surface area contributed by atoms with Crippen LogP contribution in [-0.2, 0) is 25.7 Å². The molecule has 2 nitrogen and oxygen atoms in total. The zero-order valence-electron chi connectivity index (χ0n) is 14.3. The van der Waals surface area contributed by atoms with Gasteiger partial charge in [-0.25, -0.2) is 0 Å². The van der Waals surface area contributed by atoms with Crippen molar-refractivity contribution in [3.05, 3.63) is 98.5 Å². The van der Waals surface area contributed by atoms with Crippen molar-refractivity contribution in [2.75, 3.05) is 0 Å². The summed E-state index contributed by atoms with van der Waals surface area (Å²) < 4.78 is 1.12. The molecule has 0 aromatic heterocycles. The number of phenolic OH excluding ortho intramolecular Hbond substituents is 1. The molecule has 0 heterocycles. The van der Waals surface area contributed by atoms with E-state index in [1.807, 2.05) is 30.3 Å². The molecule has 3 aromatic carbocycles. The molecule has 3 heteroatoms. The highest BCUT2D eigenvalue weighted by atomic mass is 79.9. The molecule has 4 aliphatic rings. The summed E-state index contributed by atoms with van der Waals surface area (Å²) in [5.74, 6) is 0.0366. The molecule has 26 heavy (non-hydrogen) atoms. The lowest BCUT2D eigenvalue weighted by Gasteiger charge is -2.17. The van der Waals surface area contributed by atoms with Gasteiger partial charge in [0.2, 0.25) is 0 Å². The van der Waals surface area contributed by atoms with E-state index in [0.717, 1.165) is 28.4 Å². The number of ketones is 1. The van der Waals surface area contributed by atoms with Crippen LogP contribution in [0.5, 0.6) is 5.75 Å². The van der Waals surface area contributed by atoms with Crippen molar-refractivity contribution < 1.29 is 9.90 Å². The van der Waals surface area contributed by atoms with E-state index >= 15 is 0 Å². The Labute approximate surface area is 161 Å². The number of halogens is 1. The summed E-state index contributed by atoms with van der Waals surface area (Å²) in [5, 5.41) is 10.9. The molecule has 0 saturated carbocycles. The summed E-state index contributed by atoms with van der Waals surface area (Å²) in [6.07, 6.45) is 3.05. The molecule has 0 amide bonds. The van der Waals surface area contributed by atoms with Gasteiger partial charge in [-0.2, -0.15) is 0 Å². The molecule has 0 aliphatic heterocycles. The average molecular weight is 407 g/mol. The first-order valence-electron chi connectivity index (χ1n) is 8.84. The summed E-state index contributed by atoms with van der Waals surface area (Å²) in [5.41, 5.74) is 5.24. The predicted octanol–water partition coefficient (Wildman–Crippen LogP) is 5.27. The second-order valence-corrected chi connectivity index (χ2v) is 7.58. The molecule has 0 radical (unpaired) electrons. The minimum Gasteiger partial charge on any atom is -0.507 e. The first-order valence-corrected chi connectivity index (χ1v) is 9.63. The Kier molecular flexibility index (Phi) is 4.64. The highest BCUT2D eigenvalue weighted by Crippen LogP contribution is 2.32. The lowest BCUT2D eigenvalue weighted by Crippen LogP contribution is -2.09. The molecule has 0 atom stereocenters. The number of hydrogen-bond acceptors (Lipinski definition) is 2. The van der Waals surface area contributed by atoms with Crippen molar-refractivity contribution in [2.24, 2.45) is 0 Å². The Balaban J connectivity index is 1.81. The average Bonchev–Trinajstić information content (AvgIpc) is 2.65. The first-order chi connectivity index (χ1) is 12.6. The van der Waals surface area contributed by atoms with Crippen LogP contribution in [-0.4, -0.2) is 10.9 Å². The number of carbonyl (C=O) groups is 1. The number of benzene rings is 3. The summed E-state index contributed by atoms with van der Waals surface area (Å²) in [6, 6.07) is 19.7.